The van der Waals surface area contributed by atoms with Crippen LogP contribution in [-0.2, 0) is 6.42 Å². The van der Waals surface area contributed by atoms with E-state index in [0.29, 0.717) is 23.2 Å². The summed E-state index contributed by atoms with van der Waals surface area (Å²) in [4.78, 5) is 16.6. The lowest BCUT2D eigenvalue weighted by atomic mass is 9.81. The Morgan fingerprint density at radius 2 is 2.08 bits per heavy atom. The number of nitrogens with zero attached hydrogens (tertiary/aromatic N) is 1. The Hall–Kier alpha value is -2.88. The fourth-order valence-corrected chi connectivity index (χ4v) is 3.51. The fraction of sp³-hybridized carbons (Fsp3) is 0.200. The van der Waals surface area contributed by atoms with Gasteiger partial charge in [-0.15, -0.1) is 0 Å². The van der Waals surface area contributed by atoms with Gasteiger partial charge < -0.3 is 14.3 Å². The summed E-state index contributed by atoms with van der Waals surface area (Å²) < 4.78 is 5.42. The third-order valence-corrected chi connectivity index (χ3v) is 4.48. The SMILES string of the molecule is C[C@@H]1C/C(=C\c2ccco2)c2nc3ccccc3c(C(=O)[O-])c2C1. The number of rotatable bonds is 2. The second-order valence-electron chi connectivity index (χ2n) is 6.32. The number of carbonyl (C=O) groups excluding carboxylic acids is 1. The van der Waals surface area contributed by atoms with Gasteiger partial charge in [0.15, 0.2) is 0 Å². The number of carboxylic acid groups (broad SMARTS) is 1. The van der Waals surface area contributed by atoms with Crippen molar-refractivity contribution in [1.82, 2.24) is 4.98 Å². The van der Waals surface area contributed by atoms with Crippen LogP contribution in [0.25, 0.3) is 22.6 Å². The van der Waals surface area contributed by atoms with Gasteiger partial charge in [-0.3, -0.25) is 0 Å². The van der Waals surface area contributed by atoms with Crippen LogP contribution in [0.2, 0.25) is 0 Å². The summed E-state index contributed by atoms with van der Waals surface area (Å²) in [6.07, 6.45) is 5.10. The van der Waals surface area contributed by atoms with Crippen LogP contribution in [0.15, 0.2) is 47.1 Å². The molecule has 4 rings (SSSR count). The van der Waals surface area contributed by atoms with E-state index in [4.69, 9.17) is 9.40 Å². The summed E-state index contributed by atoms with van der Waals surface area (Å²) in [5.41, 5.74) is 3.47. The van der Waals surface area contributed by atoms with Crippen LogP contribution in [-0.4, -0.2) is 11.0 Å². The Morgan fingerprint density at radius 3 is 2.83 bits per heavy atom. The molecule has 1 aliphatic rings. The number of hydrogen-bond donors (Lipinski definition) is 0. The highest BCUT2D eigenvalue weighted by Gasteiger charge is 2.25. The van der Waals surface area contributed by atoms with Crippen LogP contribution in [0.5, 0.6) is 0 Å². The number of fused-ring (bicyclic) bond motifs is 2. The maximum Gasteiger partial charge on any atom is 0.126 e. The number of carboxylic acids is 1. The zero-order valence-corrected chi connectivity index (χ0v) is 13.3. The van der Waals surface area contributed by atoms with Crippen LogP contribution in [0, 0.1) is 5.92 Å². The molecule has 1 aromatic carbocycles. The van der Waals surface area contributed by atoms with Crippen molar-refractivity contribution in [1.29, 1.82) is 0 Å². The number of para-hydroxylation sites is 1. The topological polar surface area (TPSA) is 66.2 Å². The van der Waals surface area contributed by atoms with E-state index in [0.717, 1.165) is 29.0 Å². The van der Waals surface area contributed by atoms with Crippen molar-refractivity contribution in [2.24, 2.45) is 5.92 Å². The monoisotopic (exact) mass is 318 g/mol. The lowest BCUT2D eigenvalue weighted by Crippen LogP contribution is -2.27. The molecule has 0 unspecified atom stereocenters. The van der Waals surface area contributed by atoms with E-state index in [-0.39, 0.29) is 5.56 Å². The summed E-state index contributed by atoms with van der Waals surface area (Å²) in [7, 11) is 0. The van der Waals surface area contributed by atoms with Crippen molar-refractivity contribution in [3.8, 4) is 0 Å². The largest absolute Gasteiger partial charge is 0.545 e. The third-order valence-electron chi connectivity index (χ3n) is 4.48. The number of allylic oxidation sites excluding steroid dienone is 1. The lowest BCUT2D eigenvalue weighted by Gasteiger charge is -2.27. The first kappa shape index (κ1) is 14.7. The fourth-order valence-electron chi connectivity index (χ4n) is 3.51. The highest BCUT2D eigenvalue weighted by Crippen LogP contribution is 2.38. The van der Waals surface area contributed by atoms with Crippen molar-refractivity contribution >= 4 is 28.5 Å². The van der Waals surface area contributed by atoms with Crippen molar-refractivity contribution in [2.45, 2.75) is 19.8 Å². The molecular formula is C20H16NO3-. The minimum Gasteiger partial charge on any atom is -0.545 e. The van der Waals surface area contributed by atoms with Crippen LogP contribution < -0.4 is 5.11 Å². The Kier molecular flexibility index (Phi) is 3.45. The Morgan fingerprint density at radius 1 is 1.25 bits per heavy atom. The zero-order valence-electron chi connectivity index (χ0n) is 13.3. The van der Waals surface area contributed by atoms with Crippen LogP contribution in [0.3, 0.4) is 0 Å². The number of hydrogen-bond acceptors (Lipinski definition) is 4. The Labute approximate surface area is 139 Å². The maximum absolute atomic E-state index is 11.8. The molecule has 4 heteroatoms. The molecule has 2 heterocycles. The molecule has 0 fully saturated rings. The van der Waals surface area contributed by atoms with Gasteiger partial charge in [-0.2, -0.15) is 0 Å². The summed E-state index contributed by atoms with van der Waals surface area (Å²) in [6.45, 7) is 2.12. The van der Waals surface area contributed by atoms with Gasteiger partial charge in [-0.25, -0.2) is 4.98 Å². The predicted molar refractivity (Wildman–Crippen MR) is 90.1 cm³/mol. The molecule has 0 amide bonds. The first-order valence-corrected chi connectivity index (χ1v) is 8.01. The molecule has 0 aliphatic heterocycles. The van der Waals surface area contributed by atoms with Crippen LogP contribution in [0.1, 0.15) is 40.7 Å². The molecule has 0 radical (unpaired) electrons. The molecule has 24 heavy (non-hydrogen) atoms. The molecule has 0 saturated heterocycles. The van der Waals surface area contributed by atoms with Gasteiger partial charge in [0.05, 0.1) is 23.4 Å². The molecule has 4 nitrogen and oxygen atoms in total. The summed E-state index contributed by atoms with van der Waals surface area (Å²) in [5, 5.41) is 12.5. The van der Waals surface area contributed by atoms with Gasteiger partial charge in [-0.05, 0) is 54.2 Å². The number of pyridine rings is 1. The Balaban J connectivity index is 2.02. The quantitative estimate of drug-likeness (QED) is 0.727. The van der Waals surface area contributed by atoms with Gasteiger partial charge in [0.2, 0.25) is 0 Å². The molecule has 3 aromatic rings. The number of aromatic nitrogens is 1. The number of furan rings is 1. The number of carbonyl (C=O) groups is 1. The van der Waals surface area contributed by atoms with Crippen molar-refractivity contribution in [3.63, 3.8) is 0 Å². The van der Waals surface area contributed by atoms with Crippen LogP contribution in [0.4, 0.5) is 0 Å². The Bertz CT molecular complexity index is 954. The summed E-state index contributed by atoms with van der Waals surface area (Å²) in [6, 6.07) is 11.0. The molecule has 0 bridgehead atoms. The van der Waals surface area contributed by atoms with E-state index in [1.54, 1.807) is 12.3 Å². The van der Waals surface area contributed by atoms with E-state index < -0.39 is 5.97 Å². The van der Waals surface area contributed by atoms with E-state index >= 15 is 0 Å². The first-order chi connectivity index (χ1) is 11.6. The van der Waals surface area contributed by atoms with E-state index in [1.165, 1.54) is 0 Å². The smallest absolute Gasteiger partial charge is 0.126 e. The summed E-state index contributed by atoms with van der Waals surface area (Å²) in [5.74, 6) is -0.0638. The highest BCUT2D eigenvalue weighted by atomic mass is 16.4. The van der Waals surface area contributed by atoms with Crippen molar-refractivity contribution in [3.05, 3.63) is 65.2 Å². The maximum atomic E-state index is 11.8. The molecule has 120 valence electrons. The standard InChI is InChI=1S/C20H17NO3/c1-12-9-13(11-14-5-4-8-24-14)19-16(10-12)18(20(22)23)15-6-2-3-7-17(15)21-19/h2-8,11-12H,9-10H2,1H3,(H,22,23)/p-1/b13-11+/t12-/m1/s1. The van der Waals surface area contributed by atoms with E-state index in [1.807, 2.05) is 36.4 Å². The molecule has 1 atom stereocenters. The average molecular weight is 318 g/mol. The van der Waals surface area contributed by atoms with Gasteiger partial charge in [0.25, 0.3) is 0 Å². The predicted octanol–water partition coefficient (Wildman–Crippen LogP) is 3.31. The molecule has 0 spiro atoms. The van der Waals surface area contributed by atoms with Gasteiger partial charge in [0.1, 0.15) is 5.76 Å². The van der Waals surface area contributed by atoms with Gasteiger partial charge in [-0.1, -0.05) is 25.1 Å². The molecule has 0 N–H and O–H groups in total. The second-order valence-corrected chi connectivity index (χ2v) is 6.32. The molecular weight excluding hydrogens is 302 g/mol. The van der Waals surface area contributed by atoms with E-state index in [9.17, 15) is 9.90 Å². The van der Waals surface area contributed by atoms with Crippen LogP contribution >= 0.6 is 0 Å². The minimum atomic E-state index is -1.14. The zero-order chi connectivity index (χ0) is 16.7. The third kappa shape index (κ3) is 2.40. The summed E-state index contributed by atoms with van der Waals surface area (Å²) >= 11 is 0. The number of aromatic carboxylic acids is 1. The lowest BCUT2D eigenvalue weighted by molar-refractivity contribution is -0.254. The van der Waals surface area contributed by atoms with Crippen molar-refractivity contribution in [2.75, 3.05) is 0 Å². The first-order valence-electron chi connectivity index (χ1n) is 8.01. The molecule has 0 saturated carbocycles. The highest BCUT2D eigenvalue weighted by molar-refractivity contribution is 6.05. The average Bonchev–Trinajstić information content (AvgIpc) is 3.05. The van der Waals surface area contributed by atoms with Crippen molar-refractivity contribution < 1.29 is 14.3 Å². The molecule has 2 aromatic heterocycles. The number of benzene rings is 1. The van der Waals surface area contributed by atoms with Gasteiger partial charge in [0, 0.05) is 10.9 Å². The normalized spacial score (nSPS) is 18.7. The second kappa shape index (κ2) is 5.64. The molecule has 1 aliphatic carbocycles. The van der Waals surface area contributed by atoms with Gasteiger partial charge >= 0.3 is 0 Å². The minimum absolute atomic E-state index is 0.271. The van der Waals surface area contributed by atoms with E-state index in [2.05, 4.69) is 6.92 Å².